The standard InChI is InChI=1S/C33H38N6O6S/c1-19(40)35-23-11-9-20-16-27(43-2)31(44-3)32(45-4)30(20)21-10-12-24(26(41)17-22(21)23)34-18-29(42)36-25(13-15-46-5)33-38-37-28-8-6-7-14-39(28)33/h6-8,10,12,14,16-17,23,25H,9,11,13,15,18H2,1-5H3,(H,34,41)(H,35,40)(H,36,42). The maximum atomic E-state index is 13.6. The first-order valence-electron chi connectivity index (χ1n) is 14.9. The van der Waals surface area contributed by atoms with Gasteiger partial charge in [0, 0.05) is 18.7 Å². The van der Waals surface area contributed by atoms with Crippen LogP contribution in [-0.4, -0.2) is 66.3 Å². The molecular formula is C33H38N6O6S. The number of ether oxygens (including phenoxy) is 3. The normalized spacial score (nSPS) is 14.3. The number of rotatable bonds is 12. The molecule has 0 aliphatic heterocycles. The van der Waals surface area contributed by atoms with Crippen LogP contribution < -0.4 is 35.6 Å². The number of benzene rings is 1. The second-order valence-corrected chi connectivity index (χ2v) is 11.8. The summed E-state index contributed by atoms with van der Waals surface area (Å²) in [6, 6.07) is 11.7. The summed E-state index contributed by atoms with van der Waals surface area (Å²) in [6.07, 6.45) is 5.66. The van der Waals surface area contributed by atoms with E-state index < -0.39 is 6.04 Å². The van der Waals surface area contributed by atoms with Crippen molar-refractivity contribution in [2.45, 2.75) is 38.3 Å². The summed E-state index contributed by atoms with van der Waals surface area (Å²) in [4.78, 5) is 39.1. The quantitative estimate of drug-likeness (QED) is 0.207. The van der Waals surface area contributed by atoms with Gasteiger partial charge in [-0.2, -0.15) is 11.8 Å². The lowest BCUT2D eigenvalue weighted by Gasteiger charge is -2.19. The molecule has 1 aliphatic rings. The number of fused-ring (bicyclic) bond motifs is 4. The smallest absolute Gasteiger partial charge is 0.239 e. The van der Waals surface area contributed by atoms with Gasteiger partial charge in [0.05, 0.1) is 45.6 Å². The van der Waals surface area contributed by atoms with Crippen molar-refractivity contribution in [2.24, 2.45) is 0 Å². The van der Waals surface area contributed by atoms with E-state index in [2.05, 4.69) is 26.1 Å². The third-order valence-corrected chi connectivity index (χ3v) is 8.60. The first-order chi connectivity index (χ1) is 22.3. The Hall–Kier alpha value is -4.78. The SMILES string of the molecule is COc1cc2c(c(OC)c1OC)-c1ccc(NCC(=O)NC(CCSC)c3nnc4ccccn34)c(=O)cc1C(NC(C)=O)CC2. The molecule has 46 heavy (non-hydrogen) atoms. The zero-order chi connectivity index (χ0) is 32.8. The molecule has 0 saturated carbocycles. The molecule has 2 aromatic carbocycles. The van der Waals surface area contributed by atoms with E-state index in [0.29, 0.717) is 59.1 Å². The van der Waals surface area contributed by atoms with E-state index in [1.54, 1.807) is 32.0 Å². The molecule has 5 rings (SSSR count). The summed E-state index contributed by atoms with van der Waals surface area (Å²) < 4.78 is 19.0. The van der Waals surface area contributed by atoms with E-state index in [9.17, 15) is 14.4 Å². The van der Waals surface area contributed by atoms with Crippen LogP contribution >= 0.6 is 11.8 Å². The molecule has 242 valence electrons. The summed E-state index contributed by atoms with van der Waals surface area (Å²) in [5.41, 5.74) is 3.62. The summed E-state index contributed by atoms with van der Waals surface area (Å²) in [5.74, 6) is 2.34. The molecule has 0 saturated heterocycles. The van der Waals surface area contributed by atoms with Gasteiger partial charge in [-0.1, -0.05) is 12.1 Å². The second-order valence-electron chi connectivity index (χ2n) is 10.8. The highest BCUT2D eigenvalue weighted by Crippen LogP contribution is 2.50. The molecular weight excluding hydrogens is 608 g/mol. The maximum absolute atomic E-state index is 13.6. The number of hydrogen-bond donors (Lipinski definition) is 3. The minimum atomic E-state index is -0.437. The number of amides is 2. The average molecular weight is 647 g/mol. The Morgan fingerprint density at radius 2 is 1.87 bits per heavy atom. The Labute approximate surface area is 271 Å². The molecule has 2 unspecified atom stereocenters. The van der Waals surface area contributed by atoms with E-state index >= 15 is 0 Å². The average Bonchev–Trinajstić information content (AvgIpc) is 3.34. The third kappa shape index (κ3) is 6.74. The van der Waals surface area contributed by atoms with Crippen molar-refractivity contribution in [3.8, 4) is 28.4 Å². The highest BCUT2D eigenvalue weighted by molar-refractivity contribution is 7.98. The Bertz CT molecular complexity index is 1810. The van der Waals surface area contributed by atoms with Gasteiger partial charge in [0.15, 0.2) is 23.0 Å². The van der Waals surface area contributed by atoms with E-state index in [4.69, 9.17) is 14.2 Å². The lowest BCUT2D eigenvalue weighted by Crippen LogP contribution is -2.35. The van der Waals surface area contributed by atoms with Gasteiger partial charge in [-0.05, 0) is 78.3 Å². The van der Waals surface area contributed by atoms with E-state index in [0.717, 1.165) is 16.9 Å². The molecule has 1 aliphatic carbocycles. The molecule has 0 bridgehead atoms. The molecule has 12 nitrogen and oxygen atoms in total. The van der Waals surface area contributed by atoms with Crippen molar-refractivity contribution in [2.75, 3.05) is 45.2 Å². The number of hydrogen-bond acceptors (Lipinski definition) is 10. The molecule has 0 radical (unpaired) electrons. The number of aromatic nitrogens is 3. The number of carbonyl (C=O) groups excluding carboxylic acids is 2. The van der Waals surface area contributed by atoms with Gasteiger partial charge in [-0.3, -0.25) is 18.8 Å². The minimum Gasteiger partial charge on any atom is -0.493 e. The highest BCUT2D eigenvalue weighted by Gasteiger charge is 2.29. The predicted octanol–water partition coefficient (Wildman–Crippen LogP) is 3.93. The monoisotopic (exact) mass is 646 g/mol. The van der Waals surface area contributed by atoms with Crippen LogP contribution in [0.25, 0.3) is 16.8 Å². The van der Waals surface area contributed by atoms with Crippen LogP contribution in [0.1, 0.15) is 48.8 Å². The van der Waals surface area contributed by atoms with Gasteiger partial charge in [0.1, 0.15) is 0 Å². The van der Waals surface area contributed by atoms with Gasteiger partial charge in [0.25, 0.3) is 0 Å². The molecule has 2 atom stereocenters. The molecule has 3 N–H and O–H groups in total. The molecule has 4 aromatic rings. The van der Waals surface area contributed by atoms with Crippen molar-refractivity contribution < 1.29 is 23.8 Å². The Balaban J connectivity index is 1.48. The van der Waals surface area contributed by atoms with Gasteiger partial charge in [0.2, 0.25) is 23.0 Å². The van der Waals surface area contributed by atoms with Crippen LogP contribution in [-0.2, 0) is 16.0 Å². The van der Waals surface area contributed by atoms with Crippen LogP contribution in [0.4, 0.5) is 5.69 Å². The Morgan fingerprint density at radius 1 is 1.07 bits per heavy atom. The molecule has 2 heterocycles. The summed E-state index contributed by atoms with van der Waals surface area (Å²) in [5, 5.41) is 17.7. The fourth-order valence-electron chi connectivity index (χ4n) is 5.87. The van der Waals surface area contributed by atoms with E-state index in [1.165, 1.54) is 20.1 Å². The number of nitrogens with one attached hydrogen (secondary N) is 3. The van der Waals surface area contributed by atoms with E-state index in [-0.39, 0.29) is 35.5 Å². The topological polar surface area (TPSA) is 145 Å². The van der Waals surface area contributed by atoms with Crippen molar-refractivity contribution in [3.05, 3.63) is 75.8 Å². The van der Waals surface area contributed by atoms with Crippen LogP contribution in [0.15, 0.2) is 53.5 Å². The number of aryl methyl sites for hydroxylation is 1. The van der Waals surface area contributed by atoms with Crippen molar-refractivity contribution >= 4 is 34.9 Å². The predicted molar refractivity (Wildman–Crippen MR) is 178 cm³/mol. The molecule has 2 amide bonds. The lowest BCUT2D eigenvalue weighted by molar-refractivity contribution is -0.120. The number of pyridine rings is 1. The van der Waals surface area contributed by atoms with Gasteiger partial charge < -0.3 is 30.2 Å². The largest absolute Gasteiger partial charge is 0.493 e. The minimum absolute atomic E-state index is 0.142. The van der Waals surface area contributed by atoms with Crippen LogP contribution in [0.2, 0.25) is 0 Å². The van der Waals surface area contributed by atoms with Crippen molar-refractivity contribution in [1.82, 2.24) is 25.2 Å². The Morgan fingerprint density at radius 3 is 2.59 bits per heavy atom. The van der Waals surface area contributed by atoms with Crippen LogP contribution in [0, 0.1) is 0 Å². The highest BCUT2D eigenvalue weighted by atomic mass is 32.2. The van der Waals surface area contributed by atoms with Gasteiger partial charge >= 0.3 is 0 Å². The van der Waals surface area contributed by atoms with E-state index in [1.807, 2.05) is 47.2 Å². The van der Waals surface area contributed by atoms with Crippen molar-refractivity contribution in [3.63, 3.8) is 0 Å². The van der Waals surface area contributed by atoms with Gasteiger partial charge in [-0.25, -0.2) is 0 Å². The van der Waals surface area contributed by atoms with Crippen molar-refractivity contribution in [1.29, 1.82) is 0 Å². The zero-order valence-corrected chi connectivity index (χ0v) is 27.3. The third-order valence-electron chi connectivity index (χ3n) is 7.95. The summed E-state index contributed by atoms with van der Waals surface area (Å²) >= 11 is 1.67. The number of methoxy groups -OCH3 is 3. The summed E-state index contributed by atoms with van der Waals surface area (Å²) in [6.45, 7) is 1.31. The van der Waals surface area contributed by atoms with Crippen LogP contribution in [0.3, 0.4) is 0 Å². The number of nitrogens with zero attached hydrogens (tertiary/aromatic N) is 3. The second kappa shape index (κ2) is 14.5. The maximum Gasteiger partial charge on any atom is 0.239 e. The molecule has 0 fully saturated rings. The molecule has 13 heteroatoms. The molecule has 2 aromatic heterocycles. The van der Waals surface area contributed by atoms with Gasteiger partial charge in [-0.15, -0.1) is 10.2 Å². The lowest BCUT2D eigenvalue weighted by atomic mass is 9.95. The Kier molecular flexibility index (Phi) is 10.3. The number of thioether (sulfide) groups is 1. The van der Waals surface area contributed by atoms with Crippen LogP contribution in [0.5, 0.6) is 17.2 Å². The fraction of sp³-hybridized carbons (Fsp3) is 0.364. The number of anilines is 1. The first kappa shape index (κ1) is 32.6. The number of carbonyl (C=O) groups is 2. The zero-order valence-electron chi connectivity index (χ0n) is 26.5. The fourth-order valence-corrected chi connectivity index (χ4v) is 6.35. The summed E-state index contributed by atoms with van der Waals surface area (Å²) in [7, 11) is 4.65. The first-order valence-corrected chi connectivity index (χ1v) is 16.3. The molecule has 0 spiro atoms.